The van der Waals surface area contributed by atoms with Gasteiger partial charge in [0.15, 0.2) is 0 Å². The summed E-state index contributed by atoms with van der Waals surface area (Å²) >= 11 is 5.50. The summed E-state index contributed by atoms with van der Waals surface area (Å²) < 4.78 is 1.25. The van der Waals surface area contributed by atoms with Crippen LogP contribution in [0, 0.1) is 17.8 Å². The molecule has 2 saturated carbocycles. The minimum Gasteiger partial charge on any atom is -0.314 e. The normalized spacial score (nSPS) is 31.6. The summed E-state index contributed by atoms with van der Waals surface area (Å²) in [4.78, 5) is 1.56. The van der Waals surface area contributed by atoms with Crippen LogP contribution in [0.25, 0.3) is 0 Å². The number of halogens is 1. The van der Waals surface area contributed by atoms with E-state index in [9.17, 15) is 0 Å². The Balaban J connectivity index is 1.59. The highest BCUT2D eigenvalue weighted by molar-refractivity contribution is 9.10. The van der Waals surface area contributed by atoms with Crippen molar-refractivity contribution in [2.45, 2.75) is 51.5 Å². The van der Waals surface area contributed by atoms with E-state index in [0.29, 0.717) is 0 Å². The zero-order chi connectivity index (χ0) is 13.2. The van der Waals surface area contributed by atoms with Gasteiger partial charge in [-0.2, -0.15) is 0 Å². The molecule has 106 valence electrons. The van der Waals surface area contributed by atoms with Gasteiger partial charge in [0.1, 0.15) is 0 Å². The largest absolute Gasteiger partial charge is 0.314 e. The SMILES string of the molecule is CC1CCC(CNC2CC2)C(Cc2cc(Br)cs2)C1. The van der Waals surface area contributed by atoms with Crippen LogP contribution in [0.15, 0.2) is 15.9 Å². The smallest absolute Gasteiger partial charge is 0.0285 e. The highest BCUT2D eigenvalue weighted by Crippen LogP contribution is 2.37. The molecule has 0 amide bonds. The van der Waals surface area contributed by atoms with Crippen LogP contribution in [-0.4, -0.2) is 12.6 Å². The molecule has 0 saturated heterocycles. The quantitative estimate of drug-likeness (QED) is 0.806. The lowest BCUT2D eigenvalue weighted by Crippen LogP contribution is -2.34. The molecule has 3 heteroatoms. The molecule has 2 fully saturated rings. The van der Waals surface area contributed by atoms with Crippen LogP contribution >= 0.6 is 27.3 Å². The van der Waals surface area contributed by atoms with Gasteiger partial charge in [-0.3, -0.25) is 0 Å². The highest BCUT2D eigenvalue weighted by atomic mass is 79.9. The monoisotopic (exact) mass is 341 g/mol. The average Bonchev–Trinajstić information content (AvgIpc) is 3.12. The Bertz CT molecular complexity index is 413. The molecule has 0 radical (unpaired) electrons. The fraction of sp³-hybridized carbons (Fsp3) is 0.750. The molecule has 3 unspecified atom stereocenters. The molecular formula is C16H24BrNS. The number of rotatable bonds is 5. The second-order valence-electron chi connectivity index (χ2n) is 6.56. The Morgan fingerprint density at radius 1 is 1.26 bits per heavy atom. The predicted molar refractivity (Wildman–Crippen MR) is 86.7 cm³/mol. The first-order valence-electron chi connectivity index (χ1n) is 7.67. The van der Waals surface area contributed by atoms with E-state index < -0.39 is 0 Å². The topological polar surface area (TPSA) is 12.0 Å². The molecule has 1 N–H and O–H groups in total. The summed E-state index contributed by atoms with van der Waals surface area (Å²) in [5.41, 5.74) is 0. The van der Waals surface area contributed by atoms with Gasteiger partial charge in [0.2, 0.25) is 0 Å². The van der Waals surface area contributed by atoms with E-state index in [1.165, 1.54) is 49.5 Å². The molecule has 0 bridgehead atoms. The standard InChI is InChI=1S/C16H24BrNS/c1-11-2-3-12(9-18-15-4-5-15)13(6-11)7-16-8-14(17)10-19-16/h8,10-13,15,18H,2-7,9H2,1H3. The molecule has 3 rings (SSSR count). The third kappa shape index (κ3) is 4.05. The Morgan fingerprint density at radius 2 is 2.11 bits per heavy atom. The van der Waals surface area contributed by atoms with Gasteiger partial charge in [0.25, 0.3) is 0 Å². The van der Waals surface area contributed by atoms with Gasteiger partial charge >= 0.3 is 0 Å². The summed E-state index contributed by atoms with van der Waals surface area (Å²) in [7, 11) is 0. The first-order valence-corrected chi connectivity index (χ1v) is 9.34. The van der Waals surface area contributed by atoms with Crippen LogP contribution in [0.3, 0.4) is 0 Å². The van der Waals surface area contributed by atoms with Gasteiger partial charge in [-0.25, -0.2) is 0 Å². The summed E-state index contributed by atoms with van der Waals surface area (Å²) in [6.07, 6.45) is 8.39. The van der Waals surface area contributed by atoms with Crippen LogP contribution in [0.5, 0.6) is 0 Å². The van der Waals surface area contributed by atoms with Gasteiger partial charge in [0.05, 0.1) is 0 Å². The van der Waals surface area contributed by atoms with Gasteiger partial charge in [-0.1, -0.05) is 13.3 Å². The van der Waals surface area contributed by atoms with Gasteiger partial charge in [-0.15, -0.1) is 11.3 Å². The van der Waals surface area contributed by atoms with Crippen molar-refractivity contribution in [3.63, 3.8) is 0 Å². The lowest BCUT2D eigenvalue weighted by molar-refractivity contribution is 0.184. The summed E-state index contributed by atoms with van der Waals surface area (Å²) in [6, 6.07) is 3.17. The minimum atomic E-state index is 0.857. The van der Waals surface area contributed by atoms with Gasteiger partial charge in [0, 0.05) is 20.8 Å². The predicted octanol–water partition coefficient (Wildman–Crippen LogP) is 4.86. The number of hydrogen-bond acceptors (Lipinski definition) is 2. The minimum absolute atomic E-state index is 0.857. The third-order valence-electron chi connectivity index (χ3n) is 4.73. The molecular weight excluding hydrogens is 318 g/mol. The second-order valence-corrected chi connectivity index (χ2v) is 8.47. The fourth-order valence-electron chi connectivity index (χ4n) is 3.40. The van der Waals surface area contributed by atoms with Crippen LogP contribution in [0.2, 0.25) is 0 Å². The van der Waals surface area contributed by atoms with E-state index in [1.807, 2.05) is 11.3 Å². The third-order valence-corrected chi connectivity index (χ3v) is 6.45. The van der Waals surface area contributed by atoms with E-state index in [1.54, 1.807) is 4.88 Å². The molecule has 3 atom stereocenters. The molecule has 0 spiro atoms. The van der Waals surface area contributed by atoms with Crippen molar-refractivity contribution in [2.75, 3.05) is 6.54 Å². The molecule has 19 heavy (non-hydrogen) atoms. The maximum Gasteiger partial charge on any atom is 0.0285 e. The summed E-state index contributed by atoms with van der Waals surface area (Å²) in [5, 5.41) is 5.98. The van der Waals surface area contributed by atoms with E-state index in [0.717, 1.165) is 23.8 Å². The maximum absolute atomic E-state index is 3.76. The molecule has 1 aromatic rings. The Morgan fingerprint density at radius 3 is 2.79 bits per heavy atom. The molecule has 0 aliphatic heterocycles. The molecule has 0 aromatic carbocycles. The summed E-state index contributed by atoms with van der Waals surface area (Å²) in [6.45, 7) is 3.69. The zero-order valence-electron chi connectivity index (χ0n) is 11.7. The van der Waals surface area contributed by atoms with Crippen LogP contribution in [0.4, 0.5) is 0 Å². The molecule has 1 nitrogen and oxygen atoms in total. The van der Waals surface area contributed by atoms with Gasteiger partial charge < -0.3 is 5.32 Å². The first-order chi connectivity index (χ1) is 9.20. The van der Waals surface area contributed by atoms with E-state index in [-0.39, 0.29) is 0 Å². The van der Waals surface area contributed by atoms with Crippen molar-refractivity contribution < 1.29 is 0 Å². The van der Waals surface area contributed by atoms with Crippen LogP contribution in [-0.2, 0) is 6.42 Å². The van der Waals surface area contributed by atoms with Crippen LogP contribution in [0.1, 0.15) is 43.9 Å². The molecule has 1 aromatic heterocycles. The van der Waals surface area contributed by atoms with Crippen molar-refractivity contribution in [1.29, 1.82) is 0 Å². The number of thiophene rings is 1. The number of hydrogen-bond donors (Lipinski definition) is 1. The van der Waals surface area contributed by atoms with Crippen molar-refractivity contribution in [2.24, 2.45) is 17.8 Å². The van der Waals surface area contributed by atoms with Crippen molar-refractivity contribution >= 4 is 27.3 Å². The lowest BCUT2D eigenvalue weighted by atomic mass is 9.73. The van der Waals surface area contributed by atoms with Gasteiger partial charge in [-0.05, 0) is 78.4 Å². The van der Waals surface area contributed by atoms with Crippen molar-refractivity contribution in [3.8, 4) is 0 Å². The molecule has 2 aliphatic carbocycles. The summed E-state index contributed by atoms with van der Waals surface area (Å²) in [5.74, 6) is 2.71. The fourth-order valence-corrected chi connectivity index (χ4v) is 4.95. The van der Waals surface area contributed by atoms with E-state index >= 15 is 0 Å². The molecule has 2 aliphatic rings. The lowest BCUT2D eigenvalue weighted by Gasteiger charge is -2.35. The second kappa shape index (κ2) is 6.28. The Hall–Kier alpha value is 0.140. The maximum atomic E-state index is 3.76. The molecule has 1 heterocycles. The Kier molecular flexibility index (Phi) is 4.66. The highest BCUT2D eigenvalue weighted by Gasteiger charge is 2.30. The first kappa shape index (κ1) is 14.1. The van der Waals surface area contributed by atoms with E-state index in [2.05, 4.69) is 39.6 Å². The van der Waals surface area contributed by atoms with Crippen molar-refractivity contribution in [3.05, 3.63) is 20.8 Å². The van der Waals surface area contributed by atoms with Crippen LogP contribution < -0.4 is 5.32 Å². The number of nitrogens with one attached hydrogen (secondary N) is 1. The zero-order valence-corrected chi connectivity index (χ0v) is 14.1. The van der Waals surface area contributed by atoms with Crippen molar-refractivity contribution in [1.82, 2.24) is 5.32 Å². The average molecular weight is 342 g/mol. The Labute approximate surface area is 129 Å². The van der Waals surface area contributed by atoms with E-state index in [4.69, 9.17) is 0 Å².